The van der Waals surface area contributed by atoms with Crippen LogP contribution in [0.4, 0.5) is 5.95 Å². The molecule has 4 aromatic rings. The number of aliphatic hydroxyl groups excluding tert-OH is 1. The van der Waals surface area contributed by atoms with Crippen molar-refractivity contribution in [2.24, 2.45) is 5.92 Å². The number of rotatable bonds is 8. The van der Waals surface area contributed by atoms with Crippen molar-refractivity contribution in [2.45, 2.75) is 53.7 Å². The third-order valence-corrected chi connectivity index (χ3v) is 6.89. The van der Waals surface area contributed by atoms with Crippen molar-refractivity contribution in [3.8, 4) is 11.5 Å². The topological polar surface area (TPSA) is 105 Å². The minimum Gasteiger partial charge on any atom is -0.507 e. The van der Waals surface area contributed by atoms with Crippen molar-refractivity contribution >= 4 is 34.4 Å². The zero-order valence-corrected chi connectivity index (χ0v) is 24.2. The van der Waals surface area contributed by atoms with Gasteiger partial charge in [0.2, 0.25) is 5.95 Å². The fourth-order valence-electron chi connectivity index (χ4n) is 4.96. The Bertz CT molecular complexity index is 1650. The molecule has 1 fully saturated rings. The van der Waals surface area contributed by atoms with E-state index in [9.17, 15) is 14.7 Å². The van der Waals surface area contributed by atoms with Crippen molar-refractivity contribution in [1.82, 2.24) is 9.97 Å². The molecule has 1 unspecified atom stereocenters. The van der Waals surface area contributed by atoms with Crippen LogP contribution in [0.1, 0.15) is 56.0 Å². The molecule has 1 atom stereocenters. The van der Waals surface area contributed by atoms with Gasteiger partial charge < -0.3 is 19.6 Å². The van der Waals surface area contributed by atoms with Crippen LogP contribution in [0.25, 0.3) is 16.8 Å². The van der Waals surface area contributed by atoms with Gasteiger partial charge in [-0.05, 0) is 92.8 Å². The number of Topliss-reactive ketones (excluding diaryl/α,β-unsaturated/α-hetero) is 1. The Morgan fingerprint density at radius 3 is 2.39 bits per heavy atom. The Hall–Kier alpha value is -4.59. The lowest BCUT2D eigenvalue weighted by Crippen LogP contribution is -2.30. The van der Waals surface area contributed by atoms with Crippen LogP contribution in [-0.2, 0) is 9.59 Å². The van der Waals surface area contributed by atoms with Crippen LogP contribution >= 0.6 is 0 Å². The standard InChI is InChI=1S/C33H35N3O5/c1-18(2)17-40-27-14-10-23(16-21(27)6)30(37)28-29(22-8-11-24(12-9-22)41-19(3)4)36(32(39)31(28)38)33-34-25-13-7-20(5)15-26(25)35-33/h7-16,18-19,29,37H,17H2,1-6H3,(H,34,35)/b30-28+. The number of aliphatic hydroxyl groups is 1. The molecule has 0 saturated carbocycles. The number of imidazole rings is 1. The summed E-state index contributed by atoms with van der Waals surface area (Å²) < 4.78 is 11.7. The molecule has 8 nitrogen and oxygen atoms in total. The summed E-state index contributed by atoms with van der Waals surface area (Å²) in [6, 6.07) is 17.2. The number of nitrogens with zero attached hydrogens (tertiary/aromatic N) is 2. The second-order valence-electron chi connectivity index (χ2n) is 11.2. The molecule has 5 rings (SSSR count). The molecule has 0 aliphatic carbocycles. The second-order valence-corrected chi connectivity index (χ2v) is 11.2. The van der Waals surface area contributed by atoms with Gasteiger partial charge in [0, 0.05) is 5.56 Å². The van der Waals surface area contributed by atoms with E-state index in [4.69, 9.17) is 9.47 Å². The third-order valence-electron chi connectivity index (χ3n) is 6.89. The molecule has 8 heteroatoms. The SMILES string of the molecule is Cc1ccc2nc(N3C(=O)C(=O)/C(=C(/O)c4ccc(OCC(C)C)c(C)c4)C3c3ccc(OC(C)C)cc3)[nH]c2c1. The monoisotopic (exact) mass is 553 g/mol. The molecule has 0 radical (unpaired) electrons. The van der Waals surface area contributed by atoms with Crippen molar-refractivity contribution in [3.63, 3.8) is 0 Å². The highest BCUT2D eigenvalue weighted by molar-refractivity contribution is 6.51. The number of carbonyl (C=O) groups is 2. The van der Waals surface area contributed by atoms with E-state index in [-0.39, 0.29) is 23.4 Å². The van der Waals surface area contributed by atoms with Crippen LogP contribution in [0.15, 0.2) is 66.2 Å². The molecule has 1 aliphatic heterocycles. The van der Waals surface area contributed by atoms with E-state index in [1.165, 1.54) is 4.90 Å². The van der Waals surface area contributed by atoms with Crippen molar-refractivity contribution < 1.29 is 24.2 Å². The summed E-state index contributed by atoms with van der Waals surface area (Å²) in [6.07, 6.45) is -0.0128. The molecule has 0 bridgehead atoms. The van der Waals surface area contributed by atoms with Gasteiger partial charge in [-0.3, -0.25) is 14.5 Å². The fraction of sp³-hybridized carbons (Fsp3) is 0.303. The van der Waals surface area contributed by atoms with Gasteiger partial charge >= 0.3 is 5.91 Å². The molecule has 2 N–H and O–H groups in total. The van der Waals surface area contributed by atoms with E-state index in [0.717, 1.165) is 16.6 Å². The second kappa shape index (κ2) is 11.1. The summed E-state index contributed by atoms with van der Waals surface area (Å²) in [4.78, 5) is 36.3. The number of aromatic nitrogens is 2. The first-order valence-electron chi connectivity index (χ1n) is 13.8. The Balaban J connectivity index is 1.63. The first-order valence-corrected chi connectivity index (χ1v) is 13.8. The average molecular weight is 554 g/mol. The normalized spacial score (nSPS) is 16.8. The van der Waals surface area contributed by atoms with Crippen LogP contribution < -0.4 is 14.4 Å². The van der Waals surface area contributed by atoms with Crippen LogP contribution in [0.3, 0.4) is 0 Å². The highest BCUT2D eigenvalue weighted by Crippen LogP contribution is 2.42. The Morgan fingerprint density at radius 2 is 1.73 bits per heavy atom. The number of carbonyl (C=O) groups excluding carboxylic acids is 2. The summed E-state index contributed by atoms with van der Waals surface area (Å²) in [6.45, 7) is 12.4. The fourth-order valence-corrected chi connectivity index (χ4v) is 4.96. The quantitative estimate of drug-likeness (QED) is 0.144. The largest absolute Gasteiger partial charge is 0.507 e. The third kappa shape index (κ3) is 5.55. The molecule has 1 saturated heterocycles. The van der Waals surface area contributed by atoms with Gasteiger partial charge in [0.15, 0.2) is 0 Å². The van der Waals surface area contributed by atoms with Gasteiger partial charge in [0.05, 0.1) is 35.4 Å². The van der Waals surface area contributed by atoms with Crippen molar-refractivity contribution in [3.05, 3.63) is 88.5 Å². The zero-order valence-electron chi connectivity index (χ0n) is 24.2. The summed E-state index contributed by atoms with van der Waals surface area (Å²) >= 11 is 0. The summed E-state index contributed by atoms with van der Waals surface area (Å²) in [5.41, 5.74) is 4.29. The lowest BCUT2D eigenvalue weighted by Gasteiger charge is -2.23. The number of nitrogens with one attached hydrogen (secondary N) is 1. The number of benzene rings is 3. The van der Waals surface area contributed by atoms with E-state index in [1.807, 2.05) is 45.9 Å². The minimum atomic E-state index is -0.915. The smallest absolute Gasteiger partial charge is 0.302 e. The maximum Gasteiger partial charge on any atom is 0.302 e. The molecule has 1 aliphatic rings. The van der Waals surface area contributed by atoms with Gasteiger partial charge in [-0.25, -0.2) is 4.98 Å². The lowest BCUT2D eigenvalue weighted by molar-refractivity contribution is -0.132. The molecule has 1 amide bonds. The van der Waals surface area contributed by atoms with E-state index in [2.05, 4.69) is 23.8 Å². The van der Waals surface area contributed by atoms with Gasteiger partial charge in [-0.2, -0.15) is 0 Å². The molecular weight excluding hydrogens is 518 g/mol. The Morgan fingerprint density at radius 1 is 1.00 bits per heavy atom. The number of fused-ring (bicyclic) bond motifs is 1. The van der Waals surface area contributed by atoms with Gasteiger partial charge in [0.1, 0.15) is 17.3 Å². The van der Waals surface area contributed by atoms with E-state index < -0.39 is 17.7 Å². The van der Waals surface area contributed by atoms with Crippen LogP contribution in [0, 0.1) is 19.8 Å². The first kappa shape index (κ1) is 28.0. The predicted octanol–water partition coefficient (Wildman–Crippen LogP) is 6.63. The number of ether oxygens (including phenoxy) is 2. The summed E-state index contributed by atoms with van der Waals surface area (Å²) in [5.74, 6) is 0.126. The maximum atomic E-state index is 13.6. The van der Waals surface area contributed by atoms with E-state index in [1.54, 1.807) is 42.5 Å². The number of amides is 1. The van der Waals surface area contributed by atoms with Crippen LogP contribution in [0.5, 0.6) is 11.5 Å². The highest BCUT2D eigenvalue weighted by atomic mass is 16.5. The molecule has 0 spiro atoms. The van der Waals surface area contributed by atoms with Crippen LogP contribution in [-0.4, -0.2) is 39.5 Å². The molecule has 2 heterocycles. The predicted molar refractivity (Wildman–Crippen MR) is 159 cm³/mol. The van der Waals surface area contributed by atoms with Crippen molar-refractivity contribution in [2.75, 3.05) is 11.5 Å². The number of anilines is 1. The molecule has 212 valence electrons. The number of aromatic amines is 1. The maximum absolute atomic E-state index is 13.6. The van der Waals surface area contributed by atoms with E-state index in [0.29, 0.717) is 40.7 Å². The number of hydrogen-bond acceptors (Lipinski definition) is 6. The van der Waals surface area contributed by atoms with Crippen molar-refractivity contribution in [1.29, 1.82) is 0 Å². The average Bonchev–Trinajstić information content (AvgIpc) is 3.45. The molecule has 1 aromatic heterocycles. The number of hydrogen-bond donors (Lipinski definition) is 2. The summed E-state index contributed by atoms with van der Waals surface area (Å²) in [7, 11) is 0. The Kier molecular flexibility index (Phi) is 7.58. The van der Waals surface area contributed by atoms with Crippen LogP contribution in [0.2, 0.25) is 0 Å². The highest BCUT2D eigenvalue weighted by Gasteiger charge is 2.48. The van der Waals surface area contributed by atoms with Gasteiger partial charge in [0.25, 0.3) is 5.78 Å². The minimum absolute atomic E-state index is 0.0128. The number of aryl methyl sites for hydroxylation is 2. The number of ketones is 1. The first-order chi connectivity index (χ1) is 19.5. The number of H-pyrrole nitrogens is 1. The summed E-state index contributed by atoms with van der Waals surface area (Å²) in [5, 5.41) is 11.6. The zero-order chi connectivity index (χ0) is 29.4. The molecule has 41 heavy (non-hydrogen) atoms. The molecule has 3 aromatic carbocycles. The lowest BCUT2D eigenvalue weighted by atomic mass is 9.94. The van der Waals surface area contributed by atoms with Gasteiger partial charge in [-0.15, -0.1) is 0 Å². The Labute approximate surface area is 239 Å². The molecular formula is C33H35N3O5. The van der Waals surface area contributed by atoms with E-state index >= 15 is 0 Å². The van der Waals surface area contributed by atoms with Gasteiger partial charge in [-0.1, -0.05) is 32.0 Å².